The van der Waals surface area contributed by atoms with E-state index in [9.17, 15) is 0 Å². The zero-order valence-electron chi connectivity index (χ0n) is 11.8. The molecule has 1 heterocycles. The zero-order valence-corrected chi connectivity index (χ0v) is 12.6. The Morgan fingerprint density at radius 2 is 2.47 bits per heavy atom. The smallest absolute Gasteiger partial charge is 0.0644 e. The predicted molar refractivity (Wildman–Crippen MR) is 80.6 cm³/mol. The summed E-state index contributed by atoms with van der Waals surface area (Å²) >= 11 is 2.01. The van der Waals surface area contributed by atoms with Crippen molar-refractivity contribution in [2.45, 2.75) is 45.2 Å². The molecule has 5 heteroatoms. The van der Waals surface area contributed by atoms with Gasteiger partial charge in [0.25, 0.3) is 0 Å². The number of thioether (sulfide) groups is 1. The lowest BCUT2D eigenvalue weighted by atomic mass is 9.93. The Hall–Kier alpha value is -0.520. The minimum Gasteiger partial charge on any atom is -0.394 e. The molecular formula is C14H25N3OS. The summed E-state index contributed by atoms with van der Waals surface area (Å²) in [5.74, 6) is 2.45. The highest BCUT2D eigenvalue weighted by Gasteiger charge is 2.23. The molecule has 0 aliphatic heterocycles. The number of hydrogen-bond donors (Lipinski definition) is 2. The van der Waals surface area contributed by atoms with Crippen LogP contribution in [0.1, 0.15) is 43.5 Å². The molecule has 0 radical (unpaired) electrons. The van der Waals surface area contributed by atoms with Crippen molar-refractivity contribution in [3.05, 3.63) is 17.5 Å². The predicted octanol–water partition coefficient (Wildman–Crippen LogP) is 1.99. The highest BCUT2D eigenvalue weighted by molar-refractivity contribution is 7.99. The van der Waals surface area contributed by atoms with Crippen LogP contribution in [0.25, 0.3) is 0 Å². The minimum absolute atomic E-state index is 0.167. The normalized spacial score (nSPS) is 18.5. The second-order valence-corrected chi connectivity index (χ2v) is 6.34. The third kappa shape index (κ3) is 3.97. The third-order valence-electron chi connectivity index (χ3n) is 3.63. The molecule has 0 fully saturated rings. The van der Waals surface area contributed by atoms with Crippen LogP contribution in [0.4, 0.5) is 0 Å². The summed E-state index contributed by atoms with van der Waals surface area (Å²) in [6.45, 7) is 4.08. The molecule has 19 heavy (non-hydrogen) atoms. The minimum atomic E-state index is 0.167. The first-order valence-corrected chi connectivity index (χ1v) is 8.48. The monoisotopic (exact) mass is 283 g/mol. The molecule has 0 saturated heterocycles. The van der Waals surface area contributed by atoms with Gasteiger partial charge in [0.05, 0.1) is 19.3 Å². The third-order valence-corrected chi connectivity index (χ3v) is 4.62. The van der Waals surface area contributed by atoms with Gasteiger partial charge in [0.2, 0.25) is 0 Å². The molecule has 1 aromatic rings. The highest BCUT2D eigenvalue weighted by atomic mass is 32.2. The fourth-order valence-electron chi connectivity index (χ4n) is 2.71. The highest BCUT2D eigenvalue weighted by Crippen LogP contribution is 2.29. The van der Waals surface area contributed by atoms with Crippen molar-refractivity contribution >= 4 is 11.8 Å². The summed E-state index contributed by atoms with van der Waals surface area (Å²) < 4.78 is 1.97. The van der Waals surface area contributed by atoms with Crippen LogP contribution in [0, 0.1) is 0 Å². The van der Waals surface area contributed by atoms with Crippen LogP contribution in [-0.4, -0.2) is 39.5 Å². The van der Waals surface area contributed by atoms with Crippen molar-refractivity contribution in [3.8, 4) is 0 Å². The number of rotatable bonds is 8. The molecule has 4 nitrogen and oxygen atoms in total. The van der Waals surface area contributed by atoms with E-state index in [1.165, 1.54) is 42.0 Å². The fourth-order valence-corrected chi connectivity index (χ4v) is 3.35. The Balaban J connectivity index is 1.87. The van der Waals surface area contributed by atoms with Gasteiger partial charge in [0.15, 0.2) is 0 Å². The van der Waals surface area contributed by atoms with Crippen LogP contribution in [0.5, 0.6) is 0 Å². The summed E-state index contributed by atoms with van der Waals surface area (Å²) in [5, 5.41) is 17.1. The van der Waals surface area contributed by atoms with E-state index in [0.717, 1.165) is 13.0 Å². The maximum Gasteiger partial charge on any atom is 0.0644 e. The van der Waals surface area contributed by atoms with Gasteiger partial charge in [-0.2, -0.15) is 16.9 Å². The Kier molecular flexibility index (Phi) is 6.20. The first-order valence-electron chi connectivity index (χ1n) is 7.33. The second-order valence-electron chi connectivity index (χ2n) is 4.94. The van der Waals surface area contributed by atoms with Crippen LogP contribution in [-0.2, 0) is 13.0 Å². The van der Waals surface area contributed by atoms with Gasteiger partial charge in [0.1, 0.15) is 0 Å². The molecule has 0 saturated carbocycles. The first kappa shape index (κ1) is 14.9. The van der Waals surface area contributed by atoms with E-state index in [4.69, 9.17) is 5.11 Å². The SMILES string of the molecule is CCSCCCNC1CCCc2c1cnn2CCO. The van der Waals surface area contributed by atoms with E-state index in [-0.39, 0.29) is 6.61 Å². The lowest BCUT2D eigenvalue weighted by Gasteiger charge is -2.24. The topological polar surface area (TPSA) is 50.1 Å². The molecule has 2 rings (SSSR count). The van der Waals surface area contributed by atoms with E-state index >= 15 is 0 Å². The second kappa shape index (κ2) is 7.92. The van der Waals surface area contributed by atoms with Gasteiger partial charge >= 0.3 is 0 Å². The molecule has 1 atom stereocenters. The molecule has 1 aromatic heterocycles. The van der Waals surface area contributed by atoms with Crippen molar-refractivity contribution < 1.29 is 5.11 Å². The molecular weight excluding hydrogens is 258 g/mol. The van der Waals surface area contributed by atoms with Crippen LogP contribution >= 0.6 is 11.8 Å². The maximum atomic E-state index is 9.05. The summed E-state index contributed by atoms with van der Waals surface area (Å²) in [4.78, 5) is 0. The lowest BCUT2D eigenvalue weighted by molar-refractivity contribution is 0.266. The van der Waals surface area contributed by atoms with Gasteiger partial charge in [0, 0.05) is 17.3 Å². The largest absolute Gasteiger partial charge is 0.394 e. The summed E-state index contributed by atoms with van der Waals surface area (Å²) in [6.07, 6.45) is 6.74. The summed E-state index contributed by atoms with van der Waals surface area (Å²) in [7, 11) is 0. The lowest BCUT2D eigenvalue weighted by Crippen LogP contribution is -2.26. The van der Waals surface area contributed by atoms with Crippen LogP contribution in [0.15, 0.2) is 6.20 Å². The molecule has 0 aromatic carbocycles. The Labute approximate surface area is 120 Å². The maximum absolute atomic E-state index is 9.05. The molecule has 1 unspecified atom stereocenters. The van der Waals surface area contributed by atoms with E-state index in [1.54, 1.807) is 0 Å². The molecule has 1 aliphatic rings. The van der Waals surface area contributed by atoms with E-state index in [0.29, 0.717) is 12.6 Å². The number of nitrogens with one attached hydrogen (secondary N) is 1. The van der Waals surface area contributed by atoms with Crippen LogP contribution in [0.3, 0.4) is 0 Å². The number of aliphatic hydroxyl groups is 1. The summed E-state index contributed by atoms with van der Waals surface area (Å²) in [5.41, 5.74) is 2.67. The Morgan fingerprint density at radius 1 is 1.58 bits per heavy atom. The van der Waals surface area contributed by atoms with Gasteiger partial charge in [-0.05, 0) is 43.7 Å². The van der Waals surface area contributed by atoms with Crippen molar-refractivity contribution in [2.75, 3.05) is 24.7 Å². The van der Waals surface area contributed by atoms with Crippen LogP contribution in [0.2, 0.25) is 0 Å². The van der Waals surface area contributed by atoms with Crippen LogP contribution < -0.4 is 5.32 Å². The molecule has 108 valence electrons. The van der Waals surface area contributed by atoms with Gasteiger partial charge in [-0.1, -0.05) is 6.92 Å². The number of nitrogens with zero attached hydrogens (tertiary/aromatic N) is 2. The number of aliphatic hydroxyl groups excluding tert-OH is 1. The zero-order chi connectivity index (χ0) is 13.5. The average Bonchev–Trinajstić information content (AvgIpc) is 2.83. The van der Waals surface area contributed by atoms with Crippen molar-refractivity contribution in [2.24, 2.45) is 0 Å². The molecule has 0 spiro atoms. The molecule has 2 N–H and O–H groups in total. The van der Waals surface area contributed by atoms with Crippen molar-refractivity contribution in [1.82, 2.24) is 15.1 Å². The van der Waals surface area contributed by atoms with E-state index < -0.39 is 0 Å². The van der Waals surface area contributed by atoms with E-state index in [1.807, 2.05) is 22.6 Å². The standard InChI is InChI=1S/C14H25N3OS/c1-2-19-10-4-7-15-13-5-3-6-14-12(13)11-16-17(14)8-9-18/h11,13,15,18H,2-10H2,1H3. The van der Waals surface area contributed by atoms with E-state index in [2.05, 4.69) is 17.3 Å². The average molecular weight is 283 g/mol. The van der Waals surface area contributed by atoms with Crippen molar-refractivity contribution in [3.63, 3.8) is 0 Å². The fraction of sp³-hybridized carbons (Fsp3) is 0.786. The van der Waals surface area contributed by atoms with Gasteiger partial charge < -0.3 is 10.4 Å². The molecule has 1 aliphatic carbocycles. The first-order chi connectivity index (χ1) is 9.36. The van der Waals surface area contributed by atoms with Gasteiger partial charge in [-0.15, -0.1) is 0 Å². The molecule has 0 amide bonds. The quantitative estimate of drug-likeness (QED) is 0.716. The van der Waals surface area contributed by atoms with Gasteiger partial charge in [-0.25, -0.2) is 0 Å². The number of hydrogen-bond acceptors (Lipinski definition) is 4. The summed E-state index contributed by atoms with van der Waals surface area (Å²) in [6, 6.07) is 0.461. The van der Waals surface area contributed by atoms with Gasteiger partial charge in [-0.3, -0.25) is 4.68 Å². The van der Waals surface area contributed by atoms with Crippen molar-refractivity contribution in [1.29, 1.82) is 0 Å². The molecule has 0 bridgehead atoms. The Morgan fingerprint density at radius 3 is 3.26 bits per heavy atom. The number of aromatic nitrogens is 2. The number of fused-ring (bicyclic) bond motifs is 1. The Bertz CT molecular complexity index is 381.